The minimum Gasteiger partial charge on any atom is -0.380 e. The van der Waals surface area contributed by atoms with Crippen molar-refractivity contribution in [3.05, 3.63) is 78.4 Å². The molecule has 0 radical (unpaired) electrons. The number of hydrogen-bond acceptors (Lipinski definition) is 6. The van der Waals surface area contributed by atoms with Crippen LogP contribution in [0.15, 0.2) is 77.7 Å². The van der Waals surface area contributed by atoms with Crippen LogP contribution in [0.3, 0.4) is 0 Å². The summed E-state index contributed by atoms with van der Waals surface area (Å²) in [6, 6.07) is 20.7. The molecule has 0 bridgehead atoms. The molecule has 0 saturated heterocycles. The monoisotopic (exact) mass is 604 g/mol. The van der Waals surface area contributed by atoms with Gasteiger partial charge >= 0.3 is 0 Å². The summed E-state index contributed by atoms with van der Waals surface area (Å²) >= 11 is 0. The third-order valence-electron chi connectivity index (χ3n) is 6.55. The Morgan fingerprint density at radius 2 is 1.59 bits per heavy atom. The van der Waals surface area contributed by atoms with Gasteiger partial charge in [-0.05, 0) is 62.2 Å². The predicted molar refractivity (Wildman–Crippen MR) is 165 cm³/mol. The maximum atomic E-state index is 13.4. The maximum Gasteiger partial charge on any atom is 0.242 e. The molecular weight excluding hydrogens is 564 g/mol. The Balaban J connectivity index is 0.00000588. The number of amides is 2. The second-order valence-electron chi connectivity index (χ2n) is 10.4. The fourth-order valence-corrected chi connectivity index (χ4v) is 5.52. The van der Waals surface area contributed by atoms with Gasteiger partial charge in [-0.3, -0.25) is 9.59 Å². The van der Waals surface area contributed by atoms with E-state index in [4.69, 9.17) is 4.74 Å². The number of methoxy groups -OCH3 is 1. The van der Waals surface area contributed by atoms with Gasteiger partial charge < -0.3 is 20.7 Å². The number of benzene rings is 3. The summed E-state index contributed by atoms with van der Waals surface area (Å²) in [4.78, 5) is 26.7. The molecule has 0 fully saturated rings. The van der Waals surface area contributed by atoms with Crippen molar-refractivity contribution in [1.29, 1.82) is 0 Å². The van der Waals surface area contributed by atoms with Crippen molar-refractivity contribution in [3.63, 3.8) is 0 Å². The van der Waals surface area contributed by atoms with Crippen molar-refractivity contribution in [2.75, 3.05) is 26.7 Å². The molecule has 3 aromatic rings. The van der Waals surface area contributed by atoms with Crippen molar-refractivity contribution in [3.8, 4) is 0 Å². The molecule has 0 saturated carbocycles. The highest BCUT2D eigenvalue weighted by Gasteiger charge is 2.35. The highest BCUT2D eigenvalue weighted by Crippen LogP contribution is 2.18. The van der Waals surface area contributed by atoms with Crippen LogP contribution in [0.2, 0.25) is 0 Å². The molecule has 224 valence electrons. The van der Waals surface area contributed by atoms with E-state index in [2.05, 4.69) is 20.7 Å². The molecule has 11 heteroatoms. The van der Waals surface area contributed by atoms with Crippen molar-refractivity contribution in [1.82, 2.24) is 20.7 Å². The van der Waals surface area contributed by atoms with Crippen LogP contribution >= 0.6 is 12.4 Å². The third-order valence-corrected chi connectivity index (χ3v) is 8.22. The van der Waals surface area contributed by atoms with Gasteiger partial charge in [0.15, 0.2) is 0 Å². The first-order valence-electron chi connectivity index (χ1n) is 13.4. The molecule has 1 unspecified atom stereocenters. The minimum atomic E-state index is -3.96. The first kappa shape index (κ1) is 34.2. The predicted octanol–water partition coefficient (Wildman–Crippen LogP) is 3.18. The summed E-state index contributed by atoms with van der Waals surface area (Å²) in [6.45, 7) is 6.74. The van der Waals surface area contributed by atoms with Gasteiger partial charge in [0.2, 0.25) is 21.8 Å². The van der Waals surface area contributed by atoms with Gasteiger partial charge in [-0.2, -0.15) is 4.72 Å². The molecule has 0 aromatic heterocycles. The van der Waals surface area contributed by atoms with E-state index in [1.54, 1.807) is 25.3 Å². The average molecular weight is 605 g/mol. The topological polar surface area (TPSA) is 126 Å². The number of hydrogen-bond donors (Lipinski definition) is 4. The van der Waals surface area contributed by atoms with Crippen molar-refractivity contribution in [2.24, 2.45) is 0 Å². The molecule has 9 nitrogen and oxygen atoms in total. The normalized spacial score (nSPS) is 13.2. The van der Waals surface area contributed by atoms with E-state index >= 15 is 0 Å². The largest absolute Gasteiger partial charge is 0.380 e. The zero-order chi connectivity index (χ0) is 29.2. The molecule has 0 aliphatic carbocycles. The quantitative estimate of drug-likeness (QED) is 0.198. The maximum absolute atomic E-state index is 13.4. The fourth-order valence-electron chi connectivity index (χ4n) is 4.13. The van der Waals surface area contributed by atoms with Gasteiger partial charge in [0.1, 0.15) is 11.6 Å². The van der Waals surface area contributed by atoms with E-state index in [1.807, 2.05) is 49.4 Å². The summed E-state index contributed by atoms with van der Waals surface area (Å²) in [5.74, 6) is -0.948. The number of halogens is 1. The van der Waals surface area contributed by atoms with Gasteiger partial charge in [-0.25, -0.2) is 8.42 Å². The van der Waals surface area contributed by atoms with Crippen LogP contribution in [0.25, 0.3) is 10.8 Å². The molecule has 0 aliphatic rings. The van der Waals surface area contributed by atoms with E-state index in [9.17, 15) is 18.0 Å². The van der Waals surface area contributed by atoms with Crippen LogP contribution in [-0.4, -0.2) is 64.7 Å². The van der Waals surface area contributed by atoms with Crippen LogP contribution in [0.4, 0.5) is 0 Å². The van der Waals surface area contributed by atoms with E-state index in [1.165, 1.54) is 26.0 Å². The molecule has 0 heterocycles. The number of carbonyl (C=O) groups is 2. The Hall–Kier alpha value is -3.02. The molecule has 4 N–H and O–H groups in total. The number of ether oxygens (including phenoxy) is 1. The van der Waals surface area contributed by atoms with Gasteiger partial charge in [-0.15, -0.1) is 12.4 Å². The summed E-state index contributed by atoms with van der Waals surface area (Å²) in [7, 11) is -2.30. The molecule has 3 rings (SSSR count). The molecule has 3 aromatic carbocycles. The molecular formula is C30H41ClN4O5S. The Morgan fingerprint density at radius 1 is 0.927 bits per heavy atom. The molecule has 0 spiro atoms. The van der Waals surface area contributed by atoms with Crippen molar-refractivity contribution >= 4 is 45.0 Å². The average Bonchev–Trinajstić information content (AvgIpc) is 2.94. The second-order valence-corrected chi connectivity index (χ2v) is 12.0. The smallest absolute Gasteiger partial charge is 0.242 e. The van der Waals surface area contributed by atoms with Crippen LogP contribution in [0.5, 0.6) is 0 Å². The van der Waals surface area contributed by atoms with Crippen molar-refractivity contribution in [2.45, 2.75) is 56.2 Å². The molecule has 0 aliphatic heterocycles. The zero-order valence-corrected chi connectivity index (χ0v) is 25.6. The Labute approximate surface area is 249 Å². The van der Waals surface area contributed by atoms with Crippen LogP contribution in [-0.2, 0) is 30.8 Å². The number of nitrogens with one attached hydrogen (secondary N) is 4. The fraction of sp³-hybridized carbons (Fsp3) is 0.400. The lowest BCUT2D eigenvalue weighted by Gasteiger charge is -2.28. The highest BCUT2D eigenvalue weighted by atomic mass is 35.5. The lowest BCUT2D eigenvalue weighted by molar-refractivity contribution is -0.131. The zero-order valence-electron chi connectivity index (χ0n) is 24.0. The van der Waals surface area contributed by atoms with Crippen molar-refractivity contribution < 1.29 is 22.7 Å². The number of fused-ring (bicyclic) bond motifs is 1. The van der Waals surface area contributed by atoms with Gasteiger partial charge in [0, 0.05) is 26.6 Å². The SMILES string of the molecule is COC(C)CNCCCNC(=O)[C@@H](Cc1ccc2ccccc2c1)NC(=O)C(C)(C)NS(=O)(=O)c1ccccc1.Cl. The first-order valence-corrected chi connectivity index (χ1v) is 14.9. The highest BCUT2D eigenvalue weighted by molar-refractivity contribution is 7.89. The van der Waals surface area contributed by atoms with E-state index in [0.29, 0.717) is 26.1 Å². The van der Waals surface area contributed by atoms with Gasteiger partial charge in [-0.1, -0.05) is 60.7 Å². The van der Waals surface area contributed by atoms with Gasteiger partial charge in [0.25, 0.3) is 0 Å². The summed E-state index contributed by atoms with van der Waals surface area (Å²) in [5.41, 5.74) is -0.643. The molecule has 41 heavy (non-hydrogen) atoms. The lowest BCUT2D eigenvalue weighted by Crippen LogP contribution is -2.59. The van der Waals surface area contributed by atoms with E-state index < -0.39 is 27.5 Å². The lowest BCUT2D eigenvalue weighted by atomic mass is 9.99. The summed E-state index contributed by atoms with van der Waals surface area (Å²) in [5, 5.41) is 11.1. The first-order chi connectivity index (χ1) is 19.0. The summed E-state index contributed by atoms with van der Waals surface area (Å²) < 4.78 is 33.5. The Bertz CT molecular complexity index is 1390. The Kier molecular flexibility index (Phi) is 13.2. The second kappa shape index (κ2) is 15.8. The van der Waals surface area contributed by atoms with E-state index in [-0.39, 0.29) is 35.7 Å². The van der Waals surface area contributed by atoms with Gasteiger partial charge in [0.05, 0.1) is 11.0 Å². The minimum absolute atomic E-state index is 0. The standard InChI is InChI=1S/C30H40N4O5S.ClH/c1-22(39-4)21-31-17-10-18-32-28(35)27(20-23-15-16-24-11-8-9-12-25(24)19-23)33-29(36)30(2,3)34-40(37,38)26-13-6-5-7-14-26;/h5-9,11-16,19,22,27,31,34H,10,17-18,20-21H2,1-4H3,(H,32,35)(H,33,36);1H/t22?,27-;/m1./s1. The Morgan fingerprint density at radius 3 is 2.27 bits per heavy atom. The van der Waals surface area contributed by atoms with Crippen LogP contribution in [0.1, 0.15) is 32.8 Å². The number of carbonyl (C=O) groups excluding carboxylic acids is 2. The molecule has 2 atom stereocenters. The molecule has 2 amide bonds. The summed E-state index contributed by atoms with van der Waals surface area (Å²) in [6.07, 6.45) is 1.04. The van der Waals surface area contributed by atoms with Crippen LogP contribution < -0.4 is 20.7 Å². The number of sulfonamides is 1. The van der Waals surface area contributed by atoms with E-state index in [0.717, 1.165) is 16.3 Å². The number of rotatable bonds is 15. The third kappa shape index (κ3) is 10.4. The van der Waals surface area contributed by atoms with Crippen LogP contribution in [0, 0.1) is 0 Å².